The molecule has 0 spiro atoms. The van der Waals surface area contributed by atoms with E-state index in [2.05, 4.69) is 16.3 Å². The van der Waals surface area contributed by atoms with Crippen molar-refractivity contribution in [1.82, 2.24) is 9.80 Å². The second kappa shape index (κ2) is 11.6. The number of ether oxygens (including phenoxy) is 1. The Labute approximate surface area is 197 Å². The number of methoxy groups -OCH3 is 1. The van der Waals surface area contributed by atoms with Crippen LogP contribution in [-0.2, 0) is 9.53 Å². The van der Waals surface area contributed by atoms with E-state index in [1.165, 1.54) is 37.0 Å². The van der Waals surface area contributed by atoms with Crippen LogP contribution >= 0.6 is 11.3 Å². The molecule has 2 amide bonds. The summed E-state index contributed by atoms with van der Waals surface area (Å²) in [5.74, 6) is 1.76. The minimum Gasteiger partial charge on any atom is -0.385 e. The first-order valence-electron chi connectivity index (χ1n) is 12.8. The highest BCUT2D eigenvalue weighted by molar-refractivity contribution is 7.10. The van der Waals surface area contributed by atoms with Crippen LogP contribution in [0.3, 0.4) is 0 Å². The predicted octanol–water partition coefficient (Wildman–Crippen LogP) is 5.46. The monoisotopic (exact) mass is 460 g/mol. The number of hydrogen-bond donors (Lipinski definition) is 0. The molecule has 1 aromatic rings. The molecule has 5 nitrogen and oxygen atoms in total. The predicted molar refractivity (Wildman–Crippen MR) is 129 cm³/mol. The number of amides is 2. The second-order valence-corrected chi connectivity index (χ2v) is 10.9. The Morgan fingerprint density at radius 1 is 1.00 bits per heavy atom. The number of carbonyl (C=O) groups excluding carboxylic acids is 2. The van der Waals surface area contributed by atoms with Gasteiger partial charge in [-0.25, -0.2) is 0 Å². The Bertz CT molecular complexity index is 754. The van der Waals surface area contributed by atoms with Crippen molar-refractivity contribution in [3.63, 3.8) is 0 Å². The highest BCUT2D eigenvalue weighted by atomic mass is 32.1. The minimum absolute atomic E-state index is 0.255. The molecule has 0 aromatic carbocycles. The molecule has 2 saturated heterocycles. The van der Waals surface area contributed by atoms with E-state index in [-0.39, 0.29) is 5.91 Å². The second-order valence-electron chi connectivity index (χ2n) is 9.95. The average molecular weight is 461 g/mol. The first-order valence-corrected chi connectivity index (χ1v) is 13.7. The summed E-state index contributed by atoms with van der Waals surface area (Å²) >= 11 is 1.75. The molecule has 1 aliphatic carbocycles. The van der Waals surface area contributed by atoms with Gasteiger partial charge in [-0.2, -0.15) is 0 Å². The van der Waals surface area contributed by atoms with Crippen LogP contribution < -0.4 is 0 Å². The Balaban J connectivity index is 1.26. The lowest BCUT2D eigenvalue weighted by atomic mass is 9.78. The molecule has 1 aromatic heterocycles. The largest absolute Gasteiger partial charge is 0.385 e. The number of rotatable bonds is 8. The minimum atomic E-state index is 0.255. The van der Waals surface area contributed by atoms with E-state index in [0.29, 0.717) is 24.3 Å². The molecule has 0 N–H and O–H groups in total. The summed E-state index contributed by atoms with van der Waals surface area (Å²) < 4.78 is 5.08. The molecule has 1 saturated carbocycles. The van der Waals surface area contributed by atoms with E-state index < -0.39 is 0 Å². The van der Waals surface area contributed by atoms with E-state index in [0.717, 1.165) is 76.2 Å². The average Bonchev–Trinajstić information content (AvgIpc) is 3.33. The Morgan fingerprint density at radius 2 is 1.78 bits per heavy atom. The third kappa shape index (κ3) is 5.74. The zero-order valence-corrected chi connectivity index (χ0v) is 20.5. The SMILES string of the molecule is COCCCCCC(=O)N1CCC(c2cc(C(=O)N3CCCC4CCCCC43)cs2)CC1. The fourth-order valence-corrected chi connectivity index (χ4v) is 7.05. The van der Waals surface area contributed by atoms with Gasteiger partial charge in [0.2, 0.25) is 5.91 Å². The highest BCUT2D eigenvalue weighted by Gasteiger charge is 2.36. The molecule has 2 unspecified atom stereocenters. The van der Waals surface area contributed by atoms with Gasteiger partial charge in [0.15, 0.2) is 0 Å². The topological polar surface area (TPSA) is 49.9 Å². The fraction of sp³-hybridized carbons (Fsp3) is 0.769. The number of likely N-dealkylation sites (tertiary alicyclic amines) is 2. The van der Waals surface area contributed by atoms with E-state index >= 15 is 0 Å². The van der Waals surface area contributed by atoms with Gasteiger partial charge in [-0.1, -0.05) is 19.3 Å². The van der Waals surface area contributed by atoms with Crippen molar-refractivity contribution in [2.24, 2.45) is 5.92 Å². The molecule has 0 radical (unpaired) electrons. The van der Waals surface area contributed by atoms with Crippen LogP contribution in [0.15, 0.2) is 11.4 Å². The number of hydrogen-bond acceptors (Lipinski definition) is 4. The summed E-state index contributed by atoms with van der Waals surface area (Å²) in [6.45, 7) is 3.40. The number of piperidine rings is 2. The third-order valence-corrected chi connectivity index (χ3v) is 8.96. The number of thiophene rings is 1. The molecule has 178 valence electrons. The molecule has 32 heavy (non-hydrogen) atoms. The summed E-state index contributed by atoms with van der Waals surface area (Å²) in [5.41, 5.74) is 0.894. The van der Waals surface area contributed by atoms with Crippen molar-refractivity contribution in [2.75, 3.05) is 33.4 Å². The summed E-state index contributed by atoms with van der Waals surface area (Å²) in [5, 5.41) is 2.08. The Kier molecular flexibility index (Phi) is 8.64. The molecule has 2 aliphatic heterocycles. The molecule has 2 atom stereocenters. The molecule has 0 bridgehead atoms. The molecule has 6 heteroatoms. The molecule has 3 heterocycles. The van der Waals surface area contributed by atoms with Crippen molar-refractivity contribution < 1.29 is 14.3 Å². The normalized spacial score (nSPS) is 24.4. The van der Waals surface area contributed by atoms with E-state index in [4.69, 9.17) is 4.74 Å². The van der Waals surface area contributed by atoms with Gasteiger partial charge in [0, 0.05) is 56.1 Å². The standard InChI is InChI=1S/C26H40N2O3S/c1-31-17-6-2-3-11-25(29)27-15-12-21(13-16-27)24-18-22(19-32-24)26(30)28-14-7-9-20-8-4-5-10-23(20)28/h18-21,23H,2-17H2,1H3. The number of nitrogens with zero attached hydrogens (tertiary/aromatic N) is 2. The maximum Gasteiger partial charge on any atom is 0.254 e. The van der Waals surface area contributed by atoms with Gasteiger partial charge < -0.3 is 14.5 Å². The lowest BCUT2D eigenvalue weighted by Crippen LogP contribution is -2.49. The molecule has 4 rings (SSSR count). The zero-order chi connectivity index (χ0) is 22.3. The summed E-state index contributed by atoms with van der Waals surface area (Å²) in [4.78, 5) is 31.4. The van der Waals surface area contributed by atoms with Gasteiger partial charge in [0.1, 0.15) is 0 Å². The lowest BCUT2D eigenvalue weighted by Gasteiger charge is -2.44. The van der Waals surface area contributed by atoms with Crippen LogP contribution in [0.5, 0.6) is 0 Å². The number of unbranched alkanes of at least 4 members (excludes halogenated alkanes) is 2. The summed E-state index contributed by atoms with van der Waals surface area (Å²) in [6.07, 6.45) is 13.3. The van der Waals surface area contributed by atoms with Crippen molar-refractivity contribution in [2.45, 2.75) is 89.0 Å². The van der Waals surface area contributed by atoms with Gasteiger partial charge in [-0.15, -0.1) is 11.3 Å². The Hall–Kier alpha value is -1.40. The van der Waals surface area contributed by atoms with Crippen molar-refractivity contribution in [3.8, 4) is 0 Å². The molecular weight excluding hydrogens is 420 g/mol. The van der Waals surface area contributed by atoms with Gasteiger partial charge in [0.25, 0.3) is 5.91 Å². The van der Waals surface area contributed by atoms with Gasteiger partial charge >= 0.3 is 0 Å². The van der Waals surface area contributed by atoms with E-state index in [1.807, 2.05) is 4.90 Å². The van der Waals surface area contributed by atoms with Crippen molar-refractivity contribution in [1.29, 1.82) is 0 Å². The highest BCUT2D eigenvalue weighted by Crippen LogP contribution is 2.37. The molecular formula is C26H40N2O3S. The third-order valence-electron chi connectivity index (χ3n) is 7.86. The van der Waals surface area contributed by atoms with Crippen molar-refractivity contribution >= 4 is 23.2 Å². The van der Waals surface area contributed by atoms with Gasteiger partial charge in [-0.3, -0.25) is 9.59 Å². The number of carbonyl (C=O) groups is 2. The lowest BCUT2D eigenvalue weighted by molar-refractivity contribution is -0.132. The molecule has 3 aliphatic rings. The smallest absolute Gasteiger partial charge is 0.254 e. The quantitative estimate of drug-likeness (QED) is 0.484. The first-order chi connectivity index (χ1) is 15.7. The summed E-state index contributed by atoms with van der Waals surface area (Å²) in [6, 6.07) is 2.63. The molecule has 3 fully saturated rings. The van der Waals surface area contributed by atoms with Crippen LogP contribution in [0.4, 0.5) is 0 Å². The van der Waals surface area contributed by atoms with Crippen LogP contribution in [0.2, 0.25) is 0 Å². The van der Waals surface area contributed by atoms with Crippen LogP contribution in [0, 0.1) is 5.92 Å². The maximum absolute atomic E-state index is 13.3. The van der Waals surface area contributed by atoms with Gasteiger partial charge in [0.05, 0.1) is 5.56 Å². The first kappa shape index (κ1) is 23.7. The van der Waals surface area contributed by atoms with Crippen LogP contribution in [0.25, 0.3) is 0 Å². The fourth-order valence-electron chi connectivity index (χ4n) is 5.99. The van der Waals surface area contributed by atoms with Crippen LogP contribution in [-0.4, -0.2) is 61.0 Å². The van der Waals surface area contributed by atoms with Crippen molar-refractivity contribution in [3.05, 3.63) is 21.9 Å². The number of fused-ring (bicyclic) bond motifs is 1. The Morgan fingerprint density at radius 3 is 2.59 bits per heavy atom. The van der Waals surface area contributed by atoms with E-state index in [1.54, 1.807) is 18.4 Å². The maximum atomic E-state index is 13.3. The van der Waals surface area contributed by atoms with Gasteiger partial charge in [-0.05, 0) is 69.3 Å². The zero-order valence-electron chi connectivity index (χ0n) is 19.7. The summed E-state index contributed by atoms with van der Waals surface area (Å²) in [7, 11) is 1.72. The van der Waals surface area contributed by atoms with E-state index in [9.17, 15) is 9.59 Å². The van der Waals surface area contributed by atoms with Crippen LogP contribution in [0.1, 0.15) is 98.2 Å².